The Hall–Kier alpha value is -2.35. The molecule has 0 bridgehead atoms. The van der Waals surface area contributed by atoms with Crippen molar-refractivity contribution in [3.05, 3.63) is 77.6 Å². The van der Waals surface area contributed by atoms with Crippen LogP contribution in [-0.4, -0.2) is 22.3 Å². The number of halogens is 1. The van der Waals surface area contributed by atoms with Crippen LogP contribution in [0.5, 0.6) is 0 Å². The number of nitrogens with one attached hydrogen (secondary N) is 1. The summed E-state index contributed by atoms with van der Waals surface area (Å²) in [6.07, 6.45) is 4.54. The van der Waals surface area contributed by atoms with E-state index in [2.05, 4.69) is 65.7 Å². The number of anilines is 1. The highest BCUT2D eigenvalue weighted by atomic mass is 127. The Morgan fingerprint density at radius 2 is 1.88 bits per heavy atom. The van der Waals surface area contributed by atoms with E-state index in [4.69, 9.17) is 5.73 Å². The zero-order valence-electron chi connectivity index (χ0n) is 15.0. The molecule has 2 aromatic carbocycles. The van der Waals surface area contributed by atoms with E-state index in [9.17, 15) is 0 Å². The predicted molar refractivity (Wildman–Crippen MR) is 119 cm³/mol. The molecule has 0 fully saturated rings. The van der Waals surface area contributed by atoms with E-state index in [0.29, 0.717) is 12.5 Å². The van der Waals surface area contributed by atoms with Gasteiger partial charge in [-0.1, -0.05) is 18.2 Å². The molecule has 3 N–H and O–H groups in total. The summed E-state index contributed by atoms with van der Waals surface area (Å²) in [6.45, 7) is 4.82. The highest BCUT2D eigenvalue weighted by molar-refractivity contribution is 14.0. The van der Waals surface area contributed by atoms with E-state index in [1.165, 1.54) is 16.7 Å². The van der Waals surface area contributed by atoms with Crippen LogP contribution in [0.2, 0.25) is 0 Å². The van der Waals surface area contributed by atoms with E-state index in [-0.39, 0.29) is 24.0 Å². The van der Waals surface area contributed by atoms with Gasteiger partial charge in [-0.05, 0) is 67.3 Å². The van der Waals surface area contributed by atoms with Gasteiger partial charge in [0.25, 0.3) is 0 Å². The van der Waals surface area contributed by atoms with E-state index in [0.717, 1.165) is 17.8 Å². The lowest BCUT2D eigenvalue weighted by Gasteiger charge is -2.08. The lowest BCUT2D eigenvalue weighted by molar-refractivity contribution is 0.877. The minimum atomic E-state index is 0. The zero-order valence-corrected chi connectivity index (χ0v) is 17.3. The Kier molecular flexibility index (Phi) is 7.20. The molecule has 0 aliphatic rings. The van der Waals surface area contributed by atoms with Gasteiger partial charge in [0, 0.05) is 24.6 Å². The molecule has 3 rings (SSSR count). The predicted octanol–water partition coefficient (Wildman–Crippen LogP) is 4.08. The van der Waals surface area contributed by atoms with Crippen LogP contribution < -0.4 is 11.1 Å². The molecule has 0 aliphatic heterocycles. The maximum atomic E-state index is 5.97. The fraction of sp³-hybridized carbons (Fsp3) is 0.200. The van der Waals surface area contributed by atoms with E-state index in [1.54, 1.807) is 6.20 Å². The van der Waals surface area contributed by atoms with Crippen LogP contribution in [0.3, 0.4) is 0 Å². The van der Waals surface area contributed by atoms with Crippen molar-refractivity contribution in [2.75, 3.05) is 11.9 Å². The summed E-state index contributed by atoms with van der Waals surface area (Å²) in [7, 11) is 0. The van der Waals surface area contributed by atoms with Crippen LogP contribution in [-0.2, 0) is 6.42 Å². The van der Waals surface area contributed by atoms with Gasteiger partial charge in [-0.25, -0.2) is 4.68 Å². The lowest BCUT2D eigenvalue weighted by Crippen LogP contribution is -2.23. The SMILES string of the molecule is Cc1ccc(NC(N)=NCCc2ccc(-n3cccn3)cc2)cc1C.I. The number of guanidine groups is 1. The molecule has 26 heavy (non-hydrogen) atoms. The van der Waals surface area contributed by atoms with Gasteiger partial charge < -0.3 is 11.1 Å². The molecule has 0 spiro atoms. The topological polar surface area (TPSA) is 68.2 Å². The molecular formula is C20H24IN5. The maximum absolute atomic E-state index is 5.97. The van der Waals surface area contributed by atoms with Crippen molar-refractivity contribution in [2.24, 2.45) is 10.7 Å². The van der Waals surface area contributed by atoms with Crippen LogP contribution in [0.25, 0.3) is 5.69 Å². The second kappa shape index (κ2) is 9.38. The van der Waals surface area contributed by atoms with Crippen LogP contribution in [0.1, 0.15) is 16.7 Å². The van der Waals surface area contributed by atoms with Crippen LogP contribution >= 0.6 is 24.0 Å². The molecule has 0 aliphatic carbocycles. The van der Waals surface area contributed by atoms with Crippen LogP contribution in [0, 0.1) is 13.8 Å². The number of nitrogens with two attached hydrogens (primary N) is 1. The first kappa shape index (κ1) is 20.0. The van der Waals surface area contributed by atoms with Crippen molar-refractivity contribution in [3.63, 3.8) is 0 Å². The highest BCUT2D eigenvalue weighted by Gasteiger charge is 1.99. The fourth-order valence-corrected chi connectivity index (χ4v) is 2.55. The summed E-state index contributed by atoms with van der Waals surface area (Å²) in [4.78, 5) is 4.40. The first-order chi connectivity index (χ1) is 12.1. The smallest absolute Gasteiger partial charge is 0.193 e. The van der Waals surface area contributed by atoms with E-state index >= 15 is 0 Å². The van der Waals surface area contributed by atoms with Gasteiger partial charge in [0.05, 0.1) is 5.69 Å². The summed E-state index contributed by atoms with van der Waals surface area (Å²) in [5, 5.41) is 7.36. The minimum Gasteiger partial charge on any atom is -0.370 e. The lowest BCUT2D eigenvalue weighted by atomic mass is 10.1. The number of hydrogen-bond donors (Lipinski definition) is 2. The van der Waals surface area contributed by atoms with Gasteiger partial charge in [0.15, 0.2) is 5.96 Å². The maximum Gasteiger partial charge on any atom is 0.193 e. The van der Waals surface area contributed by atoms with Crippen molar-refractivity contribution in [3.8, 4) is 5.69 Å². The number of aliphatic imine (C=N–C) groups is 1. The summed E-state index contributed by atoms with van der Waals surface area (Å²) < 4.78 is 1.84. The third kappa shape index (κ3) is 5.32. The van der Waals surface area contributed by atoms with E-state index < -0.39 is 0 Å². The normalized spacial score (nSPS) is 11.1. The molecule has 0 radical (unpaired) electrons. The van der Waals surface area contributed by atoms with Gasteiger partial charge in [-0.3, -0.25) is 4.99 Å². The minimum absolute atomic E-state index is 0. The molecule has 5 nitrogen and oxygen atoms in total. The van der Waals surface area contributed by atoms with Gasteiger partial charge in [-0.15, -0.1) is 24.0 Å². The molecule has 1 heterocycles. The Labute approximate surface area is 171 Å². The van der Waals surface area contributed by atoms with Gasteiger partial charge >= 0.3 is 0 Å². The summed E-state index contributed by atoms with van der Waals surface area (Å²) in [5.74, 6) is 0.441. The van der Waals surface area contributed by atoms with E-state index in [1.807, 2.05) is 23.0 Å². The second-order valence-corrected chi connectivity index (χ2v) is 6.06. The van der Waals surface area contributed by atoms with Crippen LogP contribution in [0.15, 0.2) is 65.9 Å². The standard InChI is InChI=1S/C20H23N5.HI/c1-15-4-7-18(14-16(15)2)24-20(21)22-12-10-17-5-8-19(9-6-17)25-13-3-11-23-25;/h3-9,11,13-14H,10,12H2,1-2H3,(H3,21,22,24);1H. The summed E-state index contributed by atoms with van der Waals surface area (Å²) in [5.41, 5.74) is 11.7. The number of hydrogen-bond acceptors (Lipinski definition) is 2. The van der Waals surface area contributed by atoms with Gasteiger partial charge in [-0.2, -0.15) is 5.10 Å². The molecule has 0 unspecified atom stereocenters. The quantitative estimate of drug-likeness (QED) is 0.342. The number of rotatable bonds is 5. The largest absolute Gasteiger partial charge is 0.370 e. The molecule has 1 aromatic heterocycles. The summed E-state index contributed by atoms with van der Waals surface area (Å²) in [6, 6.07) is 16.4. The average Bonchev–Trinajstić information content (AvgIpc) is 3.13. The van der Waals surface area contributed by atoms with Crippen molar-refractivity contribution >= 4 is 35.6 Å². The Balaban J connectivity index is 0.00000243. The highest BCUT2D eigenvalue weighted by Crippen LogP contribution is 2.14. The molecule has 0 amide bonds. The molecule has 0 saturated carbocycles. The number of aromatic nitrogens is 2. The Bertz CT molecular complexity index is 854. The Morgan fingerprint density at radius 3 is 2.54 bits per heavy atom. The third-order valence-electron chi connectivity index (χ3n) is 4.17. The monoisotopic (exact) mass is 461 g/mol. The third-order valence-corrected chi connectivity index (χ3v) is 4.17. The van der Waals surface area contributed by atoms with Gasteiger partial charge in [0.1, 0.15) is 0 Å². The molecular weight excluding hydrogens is 437 g/mol. The molecule has 0 saturated heterocycles. The second-order valence-electron chi connectivity index (χ2n) is 6.06. The Morgan fingerprint density at radius 1 is 1.12 bits per heavy atom. The van der Waals surface area contributed by atoms with Crippen LogP contribution in [0.4, 0.5) is 5.69 Å². The van der Waals surface area contributed by atoms with Gasteiger partial charge in [0.2, 0.25) is 0 Å². The number of aryl methyl sites for hydroxylation is 2. The van der Waals surface area contributed by atoms with Crippen molar-refractivity contribution in [2.45, 2.75) is 20.3 Å². The van der Waals surface area contributed by atoms with Crippen molar-refractivity contribution in [1.82, 2.24) is 9.78 Å². The number of benzene rings is 2. The number of nitrogens with zero attached hydrogens (tertiary/aromatic N) is 3. The zero-order chi connectivity index (χ0) is 17.6. The van der Waals surface area contributed by atoms with Crippen molar-refractivity contribution < 1.29 is 0 Å². The summed E-state index contributed by atoms with van der Waals surface area (Å²) >= 11 is 0. The molecule has 0 atom stereocenters. The molecule has 136 valence electrons. The van der Waals surface area contributed by atoms with Crippen molar-refractivity contribution in [1.29, 1.82) is 0 Å². The average molecular weight is 461 g/mol. The molecule has 3 aromatic rings. The first-order valence-electron chi connectivity index (χ1n) is 8.35. The first-order valence-corrected chi connectivity index (χ1v) is 8.35. The molecule has 6 heteroatoms. The fourth-order valence-electron chi connectivity index (χ4n) is 2.55.